The van der Waals surface area contributed by atoms with Crippen molar-refractivity contribution in [1.82, 2.24) is 4.98 Å². The van der Waals surface area contributed by atoms with Crippen LogP contribution in [0.3, 0.4) is 0 Å². The summed E-state index contributed by atoms with van der Waals surface area (Å²) in [7, 11) is 0. The summed E-state index contributed by atoms with van der Waals surface area (Å²) in [6, 6.07) is 15.3. The molecule has 3 heterocycles. The van der Waals surface area contributed by atoms with E-state index in [2.05, 4.69) is 20.9 Å². The second-order valence-corrected chi connectivity index (χ2v) is 8.88. The van der Waals surface area contributed by atoms with Crippen LogP contribution in [0.25, 0.3) is 11.0 Å². The summed E-state index contributed by atoms with van der Waals surface area (Å²) >= 11 is 3.41. The second-order valence-electron chi connectivity index (χ2n) is 7.97. The number of anilines is 1. The van der Waals surface area contributed by atoms with E-state index >= 15 is 0 Å². The lowest BCUT2D eigenvalue weighted by atomic mass is 9.95. The van der Waals surface area contributed by atoms with Crippen LogP contribution in [0.2, 0.25) is 0 Å². The van der Waals surface area contributed by atoms with Gasteiger partial charge in [-0.1, -0.05) is 34.1 Å². The SMILES string of the molecule is Cc1cccc(N2C(=O)C(O)=C(C(=O)c3cc4cc(Br)ccc4o3)C2c2cccnc2)c1C. The molecule has 7 heteroatoms. The zero-order valence-electron chi connectivity index (χ0n) is 17.9. The maximum atomic E-state index is 13.6. The molecule has 0 radical (unpaired) electrons. The van der Waals surface area contributed by atoms with Gasteiger partial charge in [-0.2, -0.15) is 0 Å². The van der Waals surface area contributed by atoms with Crippen molar-refractivity contribution in [2.75, 3.05) is 4.90 Å². The lowest BCUT2D eigenvalue weighted by Crippen LogP contribution is -2.31. The van der Waals surface area contributed by atoms with Gasteiger partial charge < -0.3 is 9.52 Å². The number of carbonyl (C=O) groups excluding carboxylic acids is 2. The van der Waals surface area contributed by atoms with Gasteiger partial charge in [-0.3, -0.25) is 19.5 Å². The standard InChI is InChI=1S/C26H19BrN2O4/c1-14-5-3-7-19(15(14)2)29-23(16-6-4-10-28-13-16)22(25(31)26(29)32)24(30)21-12-17-11-18(27)8-9-20(17)33-21/h3-13,23,31H,1-2H3. The summed E-state index contributed by atoms with van der Waals surface area (Å²) in [6.45, 7) is 3.86. The Morgan fingerprint density at radius 2 is 1.94 bits per heavy atom. The molecule has 4 aromatic rings. The molecule has 0 saturated carbocycles. The molecule has 0 aliphatic carbocycles. The van der Waals surface area contributed by atoms with Crippen molar-refractivity contribution < 1.29 is 19.1 Å². The van der Waals surface area contributed by atoms with E-state index in [1.54, 1.807) is 36.7 Å². The van der Waals surface area contributed by atoms with Crippen molar-refractivity contribution in [3.8, 4) is 0 Å². The number of aliphatic hydroxyl groups is 1. The number of rotatable bonds is 4. The fourth-order valence-corrected chi connectivity index (χ4v) is 4.57. The summed E-state index contributed by atoms with van der Waals surface area (Å²) in [5.74, 6) is -1.72. The quantitative estimate of drug-likeness (QED) is 0.346. The lowest BCUT2D eigenvalue weighted by molar-refractivity contribution is -0.117. The number of carbonyl (C=O) groups is 2. The minimum atomic E-state index is -0.848. The first-order valence-electron chi connectivity index (χ1n) is 10.3. The molecular weight excluding hydrogens is 484 g/mol. The van der Waals surface area contributed by atoms with Gasteiger partial charge in [0.15, 0.2) is 11.5 Å². The molecule has 5 rings (SSSR count). The Labute approximate surface area is 198 Å². The highest BCUT2D eigenvalue weighted by Gasteiger charge is 2.46. The number of pyridine rings is 1. The number of benzene rings is 2. The average Bonchev–Trinajstić information content (AvgIpc) is 3.34. The number of fused-ring (bicyclic) bond motifs is 1. The third-order valence-corrected chi connectivity index (χ3v) is 6.48. The third kappa shape index (κ3) is 3.45. The first-order valence-corrected chi connectivity index (χ1v) is 11.1. The Kier molecular flexibility index (Phi) is 5.13. The molecule has 33 heavy (non-hydrogen) atoms. The van der Waals surface area contributed by atoms with E-state index in [1.807, 2.05) is 44.2 Å². The molecule has 1 unspecified atom stereocenters. The highest BCUT2D eigenvalue weighted by atomic mass is 79.9. The van der Waals surface area contributed by atoms with Crippen LogP contribution in [0.5, 0.6) is 0 Å². The molecule has 1 atom stereocenters. The molecule has 0 fully saturated rings. The van der Waals surface area contributed by atoms with Crippen LogP contribution in [0, 0.1) is 13.8 Å². The molecule has 6 nitrogen and oxygen atoms in total. The predicted molar refractivity (Wildman–Crippen MR) is 128 cm³/mol. The molecule has 0 saturated heterocycles. The Bertz CT molecular complexity index is 1460. The number of hydrogen-bond donors (Lipinski definition) is 1. The van der Waals surface area contributed by atoms with E-state index in [4.69, 9.17) is 4.42 Å². The number of halogens is 1. The molecule has 1 amide bonds. The molecule has 1 N–H and O–H groups in total. The third-order valence-electron chi connectivity index (χ3n) is 5.99. The number of aliphatic hydroxyl groups excluding tert-OH is 1. The Morgan fingerprint density at radius 3 is 2.70 bits per heavy atom. The summed E-state index contributed by atoms with van der Waals surface area (Å²) in [5, 5.41) is 11.7. The van der Waals surface area contributed by atoms with E-state index in [0.717, 1.165) is 21.0 Å². The number of aryl methyl sites for hydroxylation is 1. The van der Waals surface area contributed by atoms with Gasteiger partial charge in [-0.15, -0.1) is 0 Å². The van der Waals surface area contributed by atoms with Crippen LogP contribution in [0.1, 0.15) is 33.3 Å². The zero-order valence-corrected chi connectivity index (χ0v) is 19.5. The fraction of sp³-hybridized carbons (Fsp3) is 0.115. The number of ketones is 1. The highest BCUT2D eigenvalue weighted by molar-refractivity contribution is 9.10. The Hall–Kier alpha value is -3.71. The number of aromatic nitrogens is 1. The van der Waals surface area contributed by atoms with Gasteiger partial charge in [0.2, 0.25) is 5.78 Å². The van der Waals surface area contributed by atoms with E-state index in [0.29, 0.717) is 16.8 Å². The van der Waals surface area contributed by atoms with E-state index in [1.165, 1.54) is 4.90 Å². The lowest BCUT2D eigenvalue weighted by Gasteiger charge is -2.28. The maximum Gasteiger partial charge on any atom is 0.294 e. The molecule has 0 bridgehead atoms. The number of nitrogens with zero attached hydrogens (tertiary/aromatic N) is 2. The van der Waals surface area contributed by atoms with E-state index in [-0.39, 0.29) is 11.3 Å². The topological polar surface area (TPSA) is 83.6 Å². The van der Waals surface area contributed by atoms with Gasteiger partial charge in [0.1, 0.15) is 5.58 Å². The van der Waals surface area contributed by atoms with Crippen LogP contribution in [-0.2, 0) is 4.79 Å². The minimum Gasteiger partial charge on any atom is -0.503 e. The zero-order chi connectivity index (χ0) is 23.3. The Morgan fingerprint density at radius 1 is 1.12 bits per heavy atom. The van der Waals surface area contributed by atoms with Gasteiger partial charge in [-0.25, -0.2) is 0 Å². The molecule has 1 aliphatic rings. The van der Waals surface area contributed by atoms with E-state index < -0.39 is 23.5 Å². The van der Waals surface area contributed by atoms with Crippen molar-refractivity contribution in [2.24, 2.45) is 0 Å². The number of Topliss-reactive ketones (excluding diaryl/α,β-unsaturated/α-hetero) is 1. The summed E-state index contributed by atoms with van der Waals surface area (Å²) < 4.78 is 6.64. The Balaban J connectivity index is 1.68. The van der Waals surface area contributed by atoms with Crippen LogP contribution in [-0.4, -0.2) is 21.8 Å². The average molecular weight is 503 g/mol. The van der Waals surface area contributed by atoms with Crippen molar-refractivity contribution >= 4 is 44.3 Å². The van der Waals surface area contributed by atoms with Gasteiger partial charge in [0.25, 0.3) is 5.91 Å². The summed E-state index contributed by atoms with van der Waals surface area (Å²) in [6.07, 6.45) is 3.21. The molecule has 164 valence electrons. The monoisotopic (exact) mass is 502 g/mol. The fourth-order valence-electron chi connectivity index (χ4n) is 4.19. The first kappa shape index (κ1) is 21.2. The van der Waals surface area contributed by atoms with Crippen molar-refractivity contribution in [3.63, 3.8) is 0 Å². The molecule has 1 aliphatic heterocycles. The van der Waals surface area contributed by atoms with Crippen LogP contribution in [0.4, 0.5) is 5.69 Å². The molecular formula is C26H19BrN2O4. The normalized spacial score (nSPS) is 16.2. The minimum absolute atomic E-state index is 0.0352. The molecule has 0 spiro atoms. The van der Waals surface area contributed by atoms with Gasteiger partial charge in [0.05, 0.1) is 11.6 Å². The number of hydrogen-bond acceptors (Lipinski definition) is 5. The summed E-state index contributed by atoms with van der Waals surface area (Å²) in [5.41, 5.74) is 3.61. The maximum absolute atomic E-state index is 13.6. The van der Waals surface area contributed by atoms with Crippen molar-refractivity contribution in [2.45, 2.75) is 19.9 Å². The predicted octanol–water partition coefficient (Wildman–Crippen LogP) is 5.99. The molecule has 2 aromatic heterocycles. The van der Waals surface area contributed by atoms with Crippen LogP contribution >= 0.6 is 15.9 Å². The van der Waals surface area contributed by atoms with Crippen LogP contribution in [0.15, 0.2) is 87.2 Å². The van der Waals surface area contributed by atoms with Crippen molar-refractivity contribution in [3.05, 3.63) is 105 Å². The van der Waals surface area contributed by atoms with Gasteiger partial charge >= 0.3 is 0 Å². The summed E-state index contributed by atoms with van der Waals surface area (Å²) in [4.78, 5) is 32.6. The van der Waals surface area contributed by atoms with Gasteiger partial charge in [0, 0.05) is 27.9 Å². The van der Waals surface area contributed by atoms with E-state index in [9.17, 15) is 14.7 Å². The second kappa shape index (κ2) is 8.01. The highest BCUT2D eigenvalue weighted by Crippen LogP contribution is 2.43. The molecule has 2 aromatic carbocycles. The largest absolute Gasteiger partial charge is 0.503 e. The first-order chi connectivity index (χ1) is 15.9. The van der Waals surface area contributed by atoms with Crippen molar-refractivity contribution in [1.29, 1.82) is 0 Å². The number of furan rings is 1. The smallest absolute Gasteiger partial charge is 0.294 e. The van der Waals surface area contributed by atoms with Crippen LogP contribution < -0.4 is 4.90 Å². The number of amides is 1. The van der Waals surface area contributed by atoms with Gasteiger partial charge in [-0.05, 0) is 66.9 Å².